The summed E-state index contributed by atoms with van der Waals surface area (Å²) < 4.78 is 21.1. The fraction of sp³-hybridized carbons (Fsp3) is 0. The lowest BCUT2D eigenvalue weighted by molar-refractivity contribution is 0.493. The Hall–Kier alpha value is -8.22. The summed E-state index contributed by atoms with van der Waals surface area (Å²) in [5.41, 5.74) is 15.6. The molecule has 0 fully saturated rings. The maximum atomic E-state index is 7.08. The smallest absolute Gasteiger partial charge is 0.256 e. The van der Waals surface area contributed by atoms with E-state index in [4.69, 9.17) is 13.9 Å². The minimum absolute atomic E-state index is 0.00582. The van der Waals surface area contributed by atoms with Crippen molar-refractivity contribution in [3.8, 4) is 23.0 Å². The number of para-hydroxylation sites is 3. The summed E-state index contributed by atoms with van der Waals surface area (Å²) in [4.78, 5) is 9.15. The molecule has 15 rings (SSSR count). The summed E-state index contributed by atoms with van der Waals surface area (Å²) >= 11 is 0. The minimum Gasteiger partial charge on any atom is -0.458 e. The Kier molecular flexibility index (Phi) is 6.49. The molecular weight excluding hydrogens is 772 g/mol. The van der Waals surface area contributed by atoms with Crippen LogP contribution in [0.4, 0.5) is 34.1 Å². The first-order valence-corrected chi connectivity index (χ1v) is 21.5. The molecule has 63 heavy (non-hydrogen) atoms. The number of pyridine rings is 1. The molecule has 0 spiro atoms. The number of benzene rings is 9. The molecule has 0 atom stereocenters. The molecule has 0 saturated carbocycles. The van der Waals surface area contributed by atoms with Gasteiger partial charge < -0.3 is 23.7 Å². The van der Waals surface area contributed by atoms with Gasteiger partial charge in [-0.2, -0.15) is 0 Å². The lowest BCUT2D eigenvalue weighted by Gasteiger charge is -2.40. The van der Waals surface area contributed by atoms with Crippen molar-refractivity contribution in [2.45, 2.75) is 0 Å². The number of rotatable bonds is 2. The maximum Gasteiger partial charge on any atom is 0.256 e. The van der Waals surface area contributed by atoms with Gasteiger partial charge in [0.25, 0.3) is 13.4 Å². The first-order chi connectivity index (χ1) is 31.3. The number of fused-ring (bicyclic) bond motifs is 17. The van der Waals surface area contributed by atoms with Crippen LogP contribution in [0.1, 0.15) is 0 Å². The normalized spacial score (nSPS) is 13.8. The zero-order valence-electron chi connectivity index (χ0n) is 33.6. The van der Waals surface area contributed by atoms with Gasteiger partial charge in [0.1, 0.15) is 34.2 Å². The Morgan fingerprint density at radius 3 is 1.38 bits per heavy atom. The molecule has 6 heterocycles. The molecule has 0 unspecified atom stereocenters. The van der Waals surface area contributed by atoms with Crippen molar-refractivity contribution in [3.63, 3.8) is 0 Å². The van der Waals surface area contributed by atoms with Crippen LogP contribution in [0.3, 0.4) is 0 Å². The van der Waals surface area contributed by atoms with Gasteiger partial charge in [-0.05, 0) is 118 Å². The minimum atomic E-state index is -0.00582. The van der Waals surface area contributed by atoms with Gasteiger partial charge in [0, 0.05) is 67.0 Å². The number of ether oxygens (including phenoxy) is 2. The van der Waals surface area contributed by atoms with E-state index >= 15 is 0 Å². The Morgan fingerprint density at radius 2 is 0.825 bits per heavy atom. The molecule has 4 aliphatic heterocycles. The van der Waals surface area contributed by atoms with E-state index in [1.165, 1.54) is 22.1 Å². The van der Waals surface area contributed by atoms with Gasteiger partial charge in [0.05, 0.1) is 11.9 Å². The Labute approximate surface area is 362 Å². The van der Waals surface area contributed by atoms with Crippen LogP contribution >= 0.6 is 0 Å². The van der Waals surface area contributed by atoms with Gasteiger partial charge in [0.2, 0.25) is 0 Å². The first-order valence-electron chi connectivity index (χ1n) is 21.5. The van der Waals surface area contributed by atoms with E-state index in [1.807, 2.05) is 18.5 Å². The van der Waals surface area contributed by atoms with Crippen LogP contribution in [0, 0.1) is 0 Å². The second-order valence-electron chi connectivity index (χ2n) is 16.9. The molecular formula is C55H31B2N3O3. The van der Waals surface area contributed by atoms with Crippen molar-refractivity contribution in [2.24, 2.45) is 0 Å². The molecule has 6 nitrogen and oxygen atoms in total. The van der Waals surface area contributed by atoms with Crippen LogP contribution in [-0.4, -0.2) is 18.4 Å². The van der Waals surface area contributed by atoms with Gasteiger partial charge in [-0.1, -0.05) is 91.0 Å². The highest BCUT2D eigenvalue weighted by Gasteiger charge is 2.44. The van der Waals surface area contributed by atoms with Crippen molar-refractivity contribution in [3.05, 3.63) is 188 Å². The van der Waals surface area contributed by atoms with Crippen LogP contribution in [0.15, 0.2) is 193 Å². The van der Waals surface area contributed by atoms with Crippen molar-refractivity contribution in [2.75, 3.05) is 9.80 Å². The first kappa shape index (κ1) is 33.5. The predicted molar refractivity (Wildman–Crippen MR) is 258 cm³/mol. The number of aromatic nitrogens is 1. The molecule has 0 amide bonds. The summed E-state index contributed by atoms with van der Waals surface area (Å²) in [6.45, 7) is 0.00600. The van der Waals surface area contributed by atoms with Gasteiger partial charge >= 0.3 is 0 Å². The van der Waals surface area contributed by atoms with Gasteiger partial charge in [-0.25, -0.2) is 0 Å². The number of hydrogen-bond donors (Lipinski definition) is 0. The van der Waals surface area contributed by atoms with Crippen molar-refractivity contribution in [1.82, 2.24) is 4.98 Å². The van der Waals surface area contributed by atoms with E-state index < -0.39 is 0 Å². The Morgan fingerprint density at radius 1 is 0.365 bits per heavy atom. The van der Waals surface area contributed by atoms with Crippen LogP contribution < -0.4 is 52.1 Å². The predicted octanol–water partition coefficient (Wildman–Crippen LogP) is 10.1. The highest BCUT2D eigenvalue weighted by atomic mass is 16.5. The van der Waals surface area contributed by atoms with Gasteiger partial charge in [-0.15, -0.1) is 0 Å². The standard InChI is InChI=1S/C55H31B2N3O3/c1-2-11-32(12-3-1)59-44-16-6-4-14-40(44)56-42-28-26-36-38(54(42)61-48-20-8-18-46(59)50(48)56)24-22-34-35-23-25-39-37(53(35)63-52(34)36)27-29-43-55(39)62-49-21-9-19-47-51(49)57(43)41-15-5-7-17-45(41)60(47)33-13-10-30-58-31-33/h1-31H. The van der Waals surface area contributed by atoms with Gasteiger partial charge in [-0.3, -0.25) is 4.98 Å². The average Bonchev–Trinajstić information content (AvgIpc) is 3.74. The summed E-state index contributed by atoms with van der Waals surface area (Å²) in [5, 5.41) is 6.26. The number of nitrogens with zero attached hydrogens (tertiary/aromatic N) is 3. The SMILES string of the molecule is c1ccc(N2c3ccccc3B3c4ccc5c(ccc6c7ccc8c9c(ccc8c7oc56)B5c6ccccc6N(c6cccnc6)c6cccc(c65)O9)c4Oc4cccc2c43)cc1. The number of furan rings is 1. The fourth-order valence-electron chi connectivity index (χ4n) is 11.3. The molecule has 4 aliphatic rings. The zero-order chi connectivity index (χ0) is 40.9. The van der Waals surface area contributed by atoms with E-state index in [9.17, 15) is 0 Å². The van der Waals surface area contributed by atoms with E-state index in [-0.39, 0.29) is 13.4 Å². The molecule has 0 bridgehead atoms. The monoisotopic (exact) mass is 803 g/mol. The lowest BCUT2D eigenvalue weighted by Crippen LogP contribution is -2.59. The molecule has 0 radical (unpaired) electrons. The fourth-order valence-corrected chi connectivity index (χ4v) is 11.3. The summed E-state index contributed by atoms with van der Waals surface area (Å²) in [5.74, 6) is 3.50. The summed E-state index contributed by atoms with van der Waals surface area (Å²) in [6.07, 6.45) is 3.74. The molecule has 290 valence electrons. The molecule has 0 N–H and O–H groups in total. The Bertz CT molecular complexity index is 3550. The third-order valence-corrected chi connectivity index (χ3v) is 13.8. The summed E-state index contributed by atoms with van der Waals surface area (Å²) in [6, 6.07) is 62.9. The molecule has 0 aliphatic carbocycles. The van der Waals surface area contributed by atoms with Crippen molar-refractivity contribution >= 4 is 124 Å². The summed E-state index contributed by atoms with van der Waals surface area (Å²) in [7, 11) is 0. The van der Waals surface area contributed by atoms with E-state index in [2.05, 4.69) is 185 Å². The second-order valence-corrected chi connectivity index (χ2v) is 16.9. The van der Waals surface area contributed by atoms with Crippen molar-refractivity contribution in [1.29, 1.82) is 0 Å². The average molecular weight is 803 g/mol. The van der Waals surface area contributed by atoms with Crippen molar-refractivity contribution < 1.29 is 13.9 Å². The second kappa shape index (κ2) is 12.2. The molecule has 9 aromatic carbocycles. The van der Waals surface area contributed by atoms with E-state index in [1.54, 1.807) is 0 Å². The molecule has 8 heteroatoms. The zero-order valence-corrected chi connectivity index (χ0v) is 33.6. The lowest BCUT2D eigenvalue weighted by atomic mass is 9.34. The van der Waals surface area contributed by atoms with Crippen LogP contribution in [0.5, 0.6) is 23.0 Å². The largest absolute Gasteiger partial charge is 0.458 e. The third-order valence-electron chi connectivity index (χ3n) is 13.8. The van der Waals surface area contributed by atoms with Gasteiger partial charge in [0.15, 0.2) is 0 Å². The van der Waals surface area contributed by atoms with Crippen LogP contribution in [0.25, 0.3) is 43.5 Å². The van der Waals surface area contributed by atoms with E-state index in [0.29, 0.717) is 0 Å². The van der Waals surface area contributed by atoms with Crippen LogP contribution in [0.2, 0.25) is 0 Å². The molecule has 0 saturated heterocycles. The Balaban J connectivity index is 0.896. The highest BCUT2D eigenvalue weighted by molar-refractivity contribution is 7.00. The van der Waals surface area contributed by atoms with Crippen LogP contribution in [-0.2, 0) is 0 Å². The molecule has 2 aromatic heterocycles. The number of anilines is 6. The van der Waals surface area contributed by atoms with E-state index in [0.717, 1.165) is 111 Å². The maximum absolute atomic E-state index is 7.08. The topological polar surface area (TPSA) is 51.0 Å². The highest BCUT2D eigenvalue weighted by Crippen LogP contribution is 2.47. The molecule has 11 aromatic rings. The quantitative estimate of drug-likeness (QED) is 0.162. The third kappa shape index (κ3) is 4.36. The number of hydrogen-bond acceptors (Lipinski definition) is 6.